The minimum absolute atomic E-state index is 0.0928. The zero-order valence-electron chi connectivity index (χ0n) is 10.7. The standard InChI is InChI=1S/C12H18N2O3/c1-5-10-9(7-15)11(16)13(4)12(17)14(10)6-8(2)3/h7-8H,5-6H2,1-4H3. The van der Waals surface area contributed by atoms with Crippen LogP contribution < -0.4 is 11.2 Å². The first kappa shape index (κ1) is 13.4. The van der Waals surface area contributed by atoms with E-state index >= 15 is 0 Å². The van der Waals surface area contributed by atoms with E-state index in [4.69, 9.17) is 0 Å². The Balaban J connectivity index is 3.68. The molecule has 0 aromatic carbocycles. The maximum atomic E-state index is 12.0. The number of aldehydes is 1. The average Bonchev–Trinajstić information content (AvgIpc) is 2.29. The summed E-state index contributed by atoms with van der Waals surface area (Å²) in [7, 11) is 1.40. The van der Waals surface area contributed by atoms with E-state index in [1.54, 1.807) is 0 Å². The minimum Gasteiger partial charge on any atom is -0.298 e. The first-order valence-electron chi connectivity index (χ1n) is 5.71. The molecule has 1 heterocycles. The van der Waals surface area contributed by atoms with E-state index in [0.717, 1.165) is 4.57 Å². The van der Waals surface area contributed by atoms with Crippen LogP contribution in [-0.2, 0) is 20.0 Å². The van der Waals surface area contributed by atoms with E-state index in [0.29, 0.717) is 24.9 Å². The summed E-state index contributed by atoms with van der Waals surface area (Å²) < 4.78 is 2.51. The maximum Gasteiger partial charge on any atom is 0.330 e. The van der Waals surface area contributed by atoms with Crippen LogP contribution >= 0.6 is 0 Å². The van der Waals surface area contributed by atoms with Crippen LogP contribution in [0, 0.1) is 5.92 Å². The molecule has 1 rings (SSSR count). The summed E-state index contributed by atoms with van der Waals surface area (Å²) in [5.41, 5.74) is -0.245. The molecular weight excluding hydrogens is 220 g/mol. The number of hydrogen-bond donors (Lipinski definition) is 0. The molecule has 0 unspecified atom stereocenters. The van der Waals surface area contributed by atoms with Gasteiger partial charge in [-0.15, -0.1) is 0 Å². The molecule has 1 aromatic rings. The summed E-state index contributed by atoms with van der Waals surface area (Å²) in [5, 5.41) is 0. The lowest BCUT2D eigenvalue weighted by atomic mass is 10.1. The predicted molar refractivity (Wildman–Crippen MR) is 65.5 cm³/mol. The van der Waals surface area contributed by atoms with Crippen LogP contribution in [0.2, 0.25) is 0 Å². The van der Waals surface area contributed by atoms with E-state index in [2.05, 4.69) is 0 Å². The molecule has 0 saturated heterocycles. The topological polar surface area (TPSA) is 61.1 Å². The quantitative estimate of drug-likeness (QED) is 0.721. The fourth-order valence-electron chi connectivity index (χ4n) is 1.89. The monoisotopic (exact) mass is 238 g/mol. The molecule has 17 heavy (non-hydrogen) atoms. The fourth-order valence-corrected chi connectivity index (χ4v) is 1.89. The van der Waals surface area contributed by atoms with Crippen LogP contribution in [0.5, 0.6) is 0 Å². The van der Waals surface area contributed by atoms with Crippen molar-refractivity contribution in [3.05, 3.63) is 32.1 Å². The van der Waals surface area contributed by atoms with Crippen molar-refractivity contribution in [3.8, 4) is 0 Å². The second-order valence-corrected chi connectivity index (χ2v) is 4.48. The van der Waals surface area contributed by atoms with Gasteiger partial charge in [0.1, 0.15) is 0 Å². The number of carbonyl (C=O) groups is 1. The zero-order valence-corrected chi connectivity index (χ0v) is 10.7. The lowest BCUT2D eigenvalue weighted by molar-refractivity contribution is 0.111. The molecule has 0 aliphatic rings. The molecule has 0 N–H and O–H groups in total. The molecule has 0 aliphatic heterocycles. The Bertz CT molecular complexity index is 538. The highest BCUT2D eigenvalue weighted by Crippen LogP contribution is 2.04. The van der Waals surface area contributed by atoms with E-state index in [1.165, 1.54) is 11.6 Å². The van der Waals surface area contributed by atoms with Gasteiger partial charge in [-0.3, -0.25) is 18.7 Å². The molecule has 0 fully saturated rings. The molecule has 0 saturated carbocycles. The van der Waals surface area contributed by atoms with Crippen LogP contribution in [0.15, 0.2) is 9.59 Å². The Kier molecular flexibility index (Phi) is 4.04. The Hall–Kier alpha value is -1.65. The van der Waals surface area contributed by atoms with Gasteiger partial charge in [0.25, 0.3) is 5.56 Å². The molecule has 5 heteroatoms. The number of rotatable bonds is 4. The Morgan fingerprint density at radius 2 is 1.88 bits per heavy atom. The van der Waals surface area contributed by atoms with Crippen molar-refractivity contribution < 1.29 is 4.79 Å². The summed E-state index contributed by atoms with van der Waals surface area (Å²) >= 11 is 0. The minimum atomic E-state index is -0.512. The van der Waals surface area contributed by atoms with E-state index in [-0.39, 0.29) is 17.2 Å². The highest BCUT2D eigenvalue weighted by Gasteiger charge is 2.15. The predicted octanol–water partition coefficient (Wildman–Crippen LogP) is 0.578. The maximum absolute atomic E-state index is 12.0. The van der Waals surface area contributed by atoms with Crippen molar-refractivity contribution in [1.82, 2.24) is 9.13 Å². The number of hydrogen-bond acceptors (Lipinski definition) is 3. The molecular formula is C12H18N2O3. The van der Waals surface area contributed by atoms with Crippen molar-refractivity contribution in [2.24, 2.45) is 13.0 Å². The highest BCUT2D eigenvalue weighted by molar-refractivity contribution is 5.75. The molecule has 0 amide bonds. The zero-order chi connectivity index (χ0) is 13.2. The average molecular weight is 238 g/mol. The summed E-state index contributed by atoms with van der Waals surface area (Å²) in [6.45, 7) is 6.31. The third-order valence-electron chi connectivity index (χ3n) is 2.69. The Labute approximate surface area is 99.7 Å². The molecule has 0 aliphatic carbocycles. The van der Waals surface area contributed by atoms with Crippen LogP contribution in [0.4, 0.5) is 0 Å². The largest absolute Gasteiger partial charge is 0.330 e. The molecule has 0 radical (unpaired) electrons. The summed E-state index contributed by atoms with van der Waals surface area (Å²) in [6.07, 6.45) is 1.03. The third kappa shape index (κ3) is 2.38. The molecule has 0 atom stereocenters. The molecule has 1 aromatic heterocycles. The first-order valence-corrected chi connectivity index (χ1v) is 5.71. The van der Waals surface area contributed by atoms with Gasteiger partial charge in [0.15, 0.2) is 6.29 Å². The van der Waals surface area contributed by atoms with Gasteiger partial charge < -0.3 is 0 Å². The first-order chi connectivity index (χ1) is 7.93. The van der Waals surface area contributed by atoms with Crippen LogP contribution in [0.3, 0.4) is 0 Å². The van der Waals surface area contributed by atoms with Gasteiger partial charge in [-0.05, 0) is 12.3 Å². The fraction of sp³-hybridized carbons (Fsp3) is 0.583. The van der Waals surface area contributed by atoms with Crippen molar-refractivity contribution in [2.75, 3.05) is 0 Å². The van der Waals surface area contributed by atoms with Crippen LogP contribution in [0.1, 0.15) is 36.8 Å². The molecule has 94 valence electrons. The van der Waals surface area contributed by atoms with Crippen molar-refractivity contribution in [2.45, 2.75) is 33.7 Å². The molecule has 0 spiro atoms. The summed E-state index contributed by atoms with van der Waals surface area (Å²) in [4.78, 5) is 34.7. The summed E-state index contributed by atoms with van der Waals surface area (Å²) in [6, 6.07) is 0. The second kappa shape index (κ2) is 5.12. The van der Waals surface area contributed by atoms with E-state index in [1.807, 2.05) is 20.8 Å². The van der Waals surface area contributed by atoms with Gasteiger partial charge in [0, 0.05) is 19.3 Å². The number of carbonyl (C=O) groups excluding carboxylic acids is 1. The van der Waals surface area contributed by atoms with Crippen molar-refractivity contribution >= 4 is 6.29 Å². The Morgan fingerprint density at radius 3 is 2.29 bits per heavy atom. The van der Waals surface area contributed by atoms with Crippen LogP contribution in [0.25, 0.3) is 0 Å². The Morgan fingerprint density at radius 1 is 1.29 bits per heavy atom. The van der Waals surface area contributed by atoms with Gasteiger partial charge in [-0.2, -0.15) is 0 Å². The van der Waals surface area contributed by atoms with Crippen molar-refractivity contribution in [3.63, 3.8) is 0 Å². The van der Waals surface area contributed by atoms with Gasteiger partial charge in [0.05, 0.1) is 5.56 Å². The van der Waals surface area contributed by atoms with Crippen LogP contribution in [-0.4, -0.2) is 15.4 Å². The van der Waals surface area contributed by atoms with E-state index in [9.17, 15) is 14.4 Å². The molecule has 5 nitrogen and oxygen atoms in total. The SMILES string of the molecule is CCc1c(C=O)c(=O)n(C)c(=O)n1CC(C)C. The lowest BCUT2D eigenvalue weighted by Crippen LogP contribution is -2.42. The number of nitrogens with zero attached hydrogens (tertiary/aromatic N) is 2. The summed E-state index contributed by atoms with van der Waals surface area (Å²) in [5.74, 6) is 0.273. The second-order valence-electron chi connectivity index (χ2n) is 4.48. The third-order valence-corrected chi connectivity index (χ3v) is 2.69. The number of aromatic nitrogens is 2. The smallest absolute Gasteiger partial charge is 0.298 e. The molecule has 0 bridgehead atoms. The van der Waals surface area contributed by atoms with Gasteiger partial charge >= 0.3 is 5.69 Å². The van der Waals surface area contributed by atoms with E-state index < -0.39 is 5.56 Å². The normalized spacial score (nSPS) is 10.9. The van der Waals surface area contributed by atoms with Gasteiger partial charge in [-0.1, -0.05) is 20.8 Å². The highest BCUT2D eigenvalue weighted by atomic mass is 16.2. The van der Waals surface area contributed by atoms with Gasteiger partial charge in [-0.25, -0.2) is 4.79 Å². The van der Waals surface area contributed by atoms with Crippen molar-refractivity contribution in [1.29, 1.82) is 0 Å². The van der Waals surface area contributed by atoms with Gasteiger partial charge in [0.2, 0.25) is 0 Å². The lowest BCUT2D eigenvalue weighted by Gasteiger charge is -2.16.